The van der Waals surface area contributed by atoms with Gasteiger partial charge in [0.05, 0.1) is 4.75 Å². The van der Waals surface area contributed by atoms with Crippen LogP contribution in [0.5, 0.6) is 0 Å². The van der Waals surface area contributed by atoms with Crippen LogP contribution in [0.1, 0.15) is 12.8 Å². The number of carbonyl (C=O) groups is 1. The number of thioether (sulfide) groups is 1. The predicted octanol–water partition coefficient (Wildman–Crippen LogP) is 0.384. The maximum atomic E-state index is 11.1. The number of ether oxygens (including phenoxy) is 1. The summed E-state index contributed by atoms with van der Waals surface area (Å²) in [6.07, 6.45) is 3.43. The second kappa shape index (κ2) is 3.45. The maximum Gasteiger partial charge on any atom is 0.233 e. The van der Waals surface area contributed by atoms with Crippen molar-refractivity contribution in [3.63, 3.8) is 0 Å². The molecular formula is C7H13NO2S. The minimum atomic E-state index is -0.349. The molecule has 0 atom stereocenters. The summed E-state index contributed by atoms with van der Waals surface area (Å²) in [6.45, 7) is 1.31. The van der Waals surface area contributed by atoms with Gasteiger partial charge < -0.3 is 10.5 Å². The molecule has 0 aromatic rings. The molecule has 0 radical (unpaired) electrons. The molecule has 1 aliphatic rings. The van der Waals surface area contributed by atoms with Crippen molar-refractivity contribution in [1.82, 2.24) is 0 Å². The van der Waals surface area contributed by atoms with Gasteiger partial charge in [-0.05, 0) is 19.1 Å². The number of hydrogen-bond acceptors (Lipinski definition) is 3. The molecule has 0 aromatic carbocycles. The van der Waals surface area contributed by atoms with Crippen LogP contribution in [0, 0.1) is 0 Å². The van der Waals surface area contributed by atoms with Crippen LogP contribution in [0.25, 0.3) is 0 Å². The zero-order valence-corrected chi connectivity index (χ0v) is 7.45. The van der Waals surface area contributed by atoms with E-state index in [4.69, 9.17) is 10.5 Å². The number of rotatable bonds is 2. The van der Waals surface area contributed by atoms with E-state index in [1.165, 1.54) is 0 Å². The number of nitrogens with two attached hydrogens (primary N) is 1. The van der Waals surface area contributed by atoms with Gasteiger partial charge in [0.2, 0.25) is 5.91 Å². The van der Waals surface area contributed by atoms with E-state index in [1.807, 2.05) is 6.26 Å². The van der Waals surface area contributed by atoms with Gasteiger partial charge in [-0.1, -0.05) is 0 Å². The van der Waals surface area contributed by atoms with Crippen molar-refractivity contribution in [2.45, 2.75) is 17.6 Å². The highest BCUT2D eigenvalue weighted by Gasteiger charge is 2.37. The highest BCUT2D eigenvalue weighted by atomic mass is 32.2. The zero-order chi connectivity index (χ0) is 8.32. The third-order valence-corrected chi connectivity index (χ3v) is 3.53. The minimum absolute atomic E-state index is 0.201. The molecule has 1 amide bonds. The van der Waals surface area contributed by atoms with Crippen molar-refractivity contribution < 1.29 is 9.53 Å². The highest BCUT2D eigenvalue weighted by Crippen LogP contribution is 2.33. The van der Waals surface area contributed by atoms with Crippen molar-refractivity contribution in [2.75, 3.05) is 19.5 Å². The summed E-state index contributed by atoms with van der Waals surface area (Å²) in [6, 6.07) is 0. The first-order valence-electron chi connectivity index (χ1n) is 3.64. The summed E-state index contributed by atoms with van der Waals surface area (Å²) in [5, 5.41) is 0. The molecule has 0 aromatic heterocycles. The molecule has 1 aliphatic heterocycles. The number of amides is 1. The van der Waals surface area contributed by atoms with E-state index in [0.717, 1.165) is 12.8 Å². The van der Waals surface area contributed by atoms with Crippen LogP contribution in [0.2, 0.25) is 0 Å². The molecule has 1 rings (SSSR count). The molecule has 3 nitrogen and oxygen atoms in total. The van der Waals surface area contributed by atoms with Crippen LogP contribution >= 0.6 is 11.8 Å². The SMILES string of the molecule is CSC1(C(N)=O)CCOCC1. The Morgan fingerprint density at radius 1 is 1.55 bits per heavy atom. The largest absolute Gasteiger partial charge is 0.381 e. The Bertz CT molecular complexity index is 155. The molecule has 0 aliphatic carbocycles. The summed E-state index contributed by atoms with van der Waals surface area (Å²) >= 11 is 1.55. The standard InChI is InChI=1S/C7H13NO2S/c1-11-7(6(8)9)2-4-10-5-3-7/h2-5H2,1H3,(H2,8,9). The summed E-state index contributed by atoms with van der Waals surface area (Å²) < 4.78 is 4.81. The van der Waals surface area contributed by atoms with E-state index >= 15 is 0 Å². The molecule has 64 valence electrons. The van der Waals surface area contributed by atoms with Crippen LogP contribution < -0.4 is 5.73 Å². The van der Waals surface area contributed by atoms with Gasteiger partial charge in [0.25, 0.3) is 0 Å². The average Bonchev–Trinajstić information content (AvgIpc) is 2.05. The van der Waals surface area contributed by atoms with E-state index in [1.54, 1.807) is 11.8 Å². The minimum Gasteiger partial charge on any atom is -0.381 e. The highest BCUT2D eigenvalue weighted by molar-refractivity contribution is 8.00. The fraction of sp³-hybridized carbons (Fsp3) is 0.857. The van der Waals surface area contributed by atoms with E-state index in [9.17, 15) is 4.79 Å². The van der Waals surface area contributed by atoms with Crippen molar-refractivity contribution in [1.29, 1.82) is 0 Å². The lowest BCUT2D eigenvalue weighted by Crippen LogP contribution is -2.45. The van der Waals surface area contributed by atoms with Crippen LogP contribution in [0.4, 0.5) is 0 Å². The molecule has 0 bridgehead atoms. The molecule has 0 spiro atoms. The first kappa shape index (κ1) is 8.87. The fourth-order valence-corrected chi connectivity index (χ4v) is 2.03. The lowest BCUT2D eigenvalue weighted by atomic mass is 9.98. The Balaban J connectivity index is 2.64. The van der Waals surface area contributed by atoms with Crippen molar-refractivity contribution in [3.05, 3.63) is 0 Å². The first-order chi connectivity index (χ1) is 5.21. The molecule has 11 heavy (non-hydrogen) atoms. The second-order valence-electron chi connectivity index (χ2n) is 2.68. The Morgan fingerprint density at radius 3 is 2.36 bits per heavy atom. The smallest absolute Gasteiger partial charge is 0.233 e. The molecule has 0 unspecified atom stereocenters. The maximum absolute atomic E-state index is 11.1. The summed E-state index contributed by atoms with van der Waals surface area (Å²) in [5.74, 6) is -0.201. The van der Waals surface area contributed by atoms with Gasteiger partial charge in [-0.2, -0.15) is 0 Å². The van der Waals surface area contributed by atoms with Gasteiger partial charge in [0.1, 0.15) is 0 Å². The Labute approximate surface area is 70.7 Å². The van der Waals surface area contributed by atoms with Crippen LogP contribution in [0.3, 0.4) is 0 Å². The summed E-state index contributed by atoms with van der Waals surface area (Å²) in [7, 11) is 0. The quantitative estimate of drug-likeness (QED) is 0.660. The summed E-state index contributed by atoms with van der Waals surface area (Å²) in [5.41, 5.74) is 5.30. The van der Waals surface area contributed by atoms with Crippen LogP contribution in [-0.2, 0) is 9.53 Å². The fourth-order valence-electron chi connectivity index (χ4n) is 1.25. The molecule has 4 heteroatoms. The van der Waals surface area contributed by atoms with Crippen molar-refractivity contribution in [2.24, 2.45) is 5.73 Å². The predicted molar refractivity (Wildman–Crippen MR) is 45.5 cm³/mol. The monoisotopic (exact) mass is 175 g/mol. The molecule has 1 heterocycles. The number of hydrogen-bond donors (Lipinski definition) is 1. The first-order valence-corrected chi connectivity index (χ1v) is 4.86. The van der Waals surface area contributed by atoms with E-state index in [2.05, 4.69) is 0 Å². The van der Waals surface area contributed by atoms with Gasteiger partial charge in [-0.25, -0.2) is 0 Å². The van der Waals surface area contributed by atoms with Gasteiger partial charge in [-0.3, -0.25) is 4.79 Å². The molecule has 1 fully saturated rings. The lowest BCUT2D eigenvalue weighted by Gasteiger charge is -2.32. The molecule has 1 saturated heterocycles. The molecular weight excluding hydrogens is 162 g/mol. The van der Waals surface area contributed by atoms with Gasteiger partial charge in [0, 0.05) is 13.2 Å². The topological polar surface area (TPSA) is 52.3 Å². The summed E-state index contributed by atoms with van der Waals surface area (Å²) in [4.78, 5) is 11.1. The van der Waals surface area contributed by atoms with E-state index in [-0.39, 0.29) is 10.7 Å². The molecule has 2 N–H and O–H groups in total. The lowest BCUT2D eigenvalue weighted by molar-refractivity contribution is -0.122. The van der Waals surface area contributed by atoms with Gasteiger partial charge in [-0.15, -0.1) is 11.8 Å². The normalized spacial score (nSPS) is 23.0. The zero-order valence-electron chi connectivity index (χ0n) is 6.63. The van der Waals surface area contributed by atoms with Crippen molar-refractivity contribution >= 4 is 17.7 Å². The Morgan fingerprint density at radius 2 is 2.09 bits per heavy atom. The molecule has 0 saturated carbocycles. The number of primary amides is 1. The second-order valence-corrected chi connectivity index (χ2v) is 3.86. The van der Waals surface area contributed by atoms with E-state index in [0.29, 0.717) is 13.2 Å². The van der Waals surface area contributed by atoms with E-state index < -0.39 is 0 Å². The third-order valence-electron chi connectivity index (χ3n) is 2.14. The van der Waals surface area contributed by atoms with Gasteiger partial charge in [0.15, 0.2) is 0 Å². The Hall–Kier alpha value is -0.220. The van der Waals surface area contributed by atoms with Crippen LogP contribution in [0.15, 0.2) is 0 Å². The Kier molecular flexibility index (Phi) is 2.78. The van der Waals surface area contributed by atoms with Crippen molar-refractivity contribution in [3.8, 4) is 0 Å². The van der Waals surface area contributed by atoms with Crippen LogP contribution in [-0.4, -0.2) is 30.1 Å². The average molecular weight is 175 g/mol. The number of carbonyl (C=O) groups excluding carboxylic acids is 1. The van der Waals surface area contributed by atoms with Gasteiger partial charge >= 0.3 is 0 Å². The third kappa shape index (κ3) is 1.68.